The summed E-state index contributed by atoms with van der Waals surface area (Å²) >= 11 is 0. The number of Topliss-reactive ketones (excluding diaryl/α,β-unsaturated/α-hetero) is 2. The molecule has 3 aliphatic rings. The quantitative estimate of drug-likeness (QED) is 0.161. The lowest BCUT2D eigenvalue weighted by atomic mass is 9.98. The zero-order chi connectivity index (χ0) is 47.8. The second-order valence-electron chi connectivity index (χ2n) is 16.1. The van der Waals surface area contributed by atoms with Crippen molar-refractivity contribution < 1.29 is 72.1 Å². The lowest BCUT2D eigenvalue weighted by Crippen LogP contribution is -2.34. The summed E-state index contributed by atoms with van der Waals surface area (Å²) in [6.07, 6.45) is 0.973. The number of hydrogen-bond donors (Lipinski definition) is 5. The van der Waals surface area contributed by atoms with Crippen LogP contribution in [0.15, 0.2) is 60.2 Å². The number of ketones is 2. The Kier molecular flexibility index (Phi) is 17.4. The Morgan fingerprint density at radius 2 is 1.31 bits per heavy atom. The first-order valence-corrected chi connectivity index (χ1v) is 20.8. The average Bonchev–Trinajstić information content (AvgIpc) is 3.52. The number of nitrogens with zero attached hydrogens (tertiary/aromatic N) is 1. The van der Waals surface area contributed by atoms with Crippen molar-refractivity contribution in [3.8, 4) is 11.5 Å². The summed E-state index contributed by atoms with van der Waals surface area (Å²) in [7, 11) is 5.44. The van der Waals surface area contributed by atoms with Gasteiger partial charge in [0.15, 0.2) is 29.4 Å². The molecule has 2 aromatic rings. The molecule has 1 amide bonds. The van der Waals surface area contributed by atoms with Crippen molar-refractivity contribution in [1.82, 2.24) is 0 Å². The molecule has 64 heavy (non-hydrogen) atoms. The van der Waals surface area contributed by atoms with Crippen molar-refractivity contribution in [1.29, 1.82) is 0 Å². The van der Waals surface area contributed by atoms with Crippen molar-refractivity contribution in [3.63, 3.8) is 0 Å². The van der Waals surface area contributed by atoms with Crippen LogP contribution in [0.2, 0.25) is 0 Å². The van der Waals surface area contributed by atoms with E-state index < -0.39 is 101 Å². The maximum atomic E-state index is 14.8. The summed E-state index contributed by atoms with van der Waals surface area (Å²) in [5.41, 5.74) is 1.26. The highest BCUT2D eigenvalue weighted by Crippen LogP contribution is 2.36. The number of hydrogen-bond acceptors (Lipinski definition) is 14. The number of phenols is 2. The summed E-state index contributed by atoms with van der Waals surface area (Å²) in [4.78, 5) is 63.5. The fourth-order valence-electron chi connectivity index (χ4n) is 6.96. The Bertz CT molecular complexity index is 2220. The Morgan fingerprint density at radius 3 is 1.84 bits per heavy atom. The third kappa shape index (κ3) is 12.5. The number of fused-ring (bicyclic) bond motifs is 3. The SMILES string of the molecule is CCNc1cc(O)c2c(c1)/C=C/C[C@H](O)[C@H](O)C(=O)/C(F)=C\[C@@H](C)[C@H](C)OC2=O.[B]C(=O)N(CC)c1cc(O)c2c(c1)/C=C/C[C@@H]1OC(C)(C)O[C@@H]1C(=O)/C(F)=C\[C@@H](C)[C@H](C)OC2=O. The molecule has 3 heterocycles. The number of aliphatic hydroxyl groups is 2. The zero-order valence-electron chi connectivity index (χ0n) is 37.0. The number of carbonyl (C=O) groups excluding carboxylic acids is 5. The van der Waals surface area contributed by atoms with Crippen molar-refractivity contribution in [2.45, 2.75) is 111 Å². The first-order valence-electron chi connectivity index (χ1n) is 20.8. The second-order valence-corrected chi connectivity index (χ2v) is 16.1. The van der Waals surface area contributed by atoms with Crippen LogP contribution in [-0.2, 0) is 28.5 Å². The molecule has 2 radical (unpaired) electrons. The number of esters is 2. The largest absolute Gasteiger partial charge is 0.507 e. The van der Waals surface area contributed by atoms with Gasteiger partial charge in [0.25, 0.3) is 0 Å². The van der Waals surface area contributed by atoms with Gasteiger partial charge in [-0.3, -0.25) is 14.4 Å². The van der Waals surface area contributed by atoms with Gasteiger partial charge in [-0.2, -0.15) is 0 Å². The van der Waals surface area contributed by atoms with Gasteiger partial charge >= 0.3 is 11.9 Å². The monoisotopic (exact) mass is 892 g/mol. The number of ether oxygens (including phenoxy) is 4. The Morgan fingerprint density at radius 1 is 0.797 bits per heavy atom. The Labute approximate surface area is 371 Å². The predicted molar refractivity (Wildman–Crippen MR) is 234 cm³/mol. The number of amides is 1. The summed E-state index contributed by atoms with van der Waals surface area (Å²) < 4.78 is 51.3. The maximum absolute atomic E-state index is 14.8. The fourth-order valence-corrected chi connectivity index (χ4v) is 6.96. The summed E-state index contributed by atoms with van der Waals surface area (Å²) in [6, 6.07) is 5.80. The van der Waals surface area contributed by atoms with E-state index >= 15 is 0 Å². The number of carbonyl (C=O) groups is 5. The standard InChI is InChI=1S/C25H29BFNO7.C21H26FNO6/c1-6-28(24(26)32)16-11-15-8-7-9-19-22(35-25(4,5)34-19)21(30)17(27)10-13(2)14(3)33-23(31)20(15)18(29)12-16;1-4-23-14-9-13-6-5-7-16(24)20(27)19(26)15(22)8-11(2)12(3)29-21(28)18(13)17(25)10-14/h7-8,10-14,19,22,29H,6,9H2,1-5H3;5-6,8-12,16,20,23-25,27H,4,7H2,1-3H3/b8-7+,17-10+;6-5+,15-8+/t13-,14+,19+,22+;11-,12+,16+,20+/m11/s1. The number of halogens is 2. The molecule has 1 saturated heterocycles. The van der Waals surface area contributed by atoms with Crippen LogP contribution in [0, 0.1) is 11.8 Å². The van der Waals surface area contributed by atoms with Crippen molar-refractivity contribution in [2.24, 2.45) is 11.8 Å². The normalized spacial score (nSPS) is 29.1. The second kappa shape index (κ2) is 21.8. The molecule has 0 aromatic heterocycles. The first kappa shape index (κ1) is 51.0. The van der Waals surface area contributed by atoms with Gasteiger partial charge in [0.05, 0.1) is 12.2 Å². The van der Waals surface area contributed by atoms with E-state index in [0.29, 0.717) is 17.8 Å². The molecule has 2 aromatic carbocycles. The summed E-state index contributed by atoms with van der Waals surface area (Å²) in [5.74, 6) is -9.83. The van der Waals surface area contributed by atoms with Crippen molar-refractivity contribution in [2.75, 3.05) is 23.3 Å². The summed E-state index contributed by atoms with van der Waals surface area (Å²) in [6.45, 7) is 13.9. The molecular formula is C46H55BF2N2O13. The molecule has 0 bridgehead atoms. The van der Waals surface area contributed by atoms with Crippen molar-refractivity contribution >= 4 is 60.7 Å². The van der Waals surface area contributed by atoms with Gasteiger partial charge < -0.3 is 49.6 Å². The molecular weight excluding hydrogens is 837 g/mol. The fraction of sp³-hybridized carbons (Fsp3) is 0.457. The first-order chi connectivity index (χ1) is 30.0. The molecule has 0 spiro atoms. The molecule has 0 aliphatic carbocycles. The Hall–Kier alpha value is -5.69. The smallest absolute Gasteiger partial charge is 0.342 e. The van der Waals surface area contributed by atoms with E-state index in [1.807, 2.05) is 6.92 Å². The highest BCUT2D eigenvalue weighted by Gasteiger charge is 2.46. The number of benzene rings is 2. The van der Waals surface area contributed by atoms with E-state index in [4.69, 9.17) is 26.8 Å². The van der Waals surface area contributed by atoms with E-state index in [0.717, 1.165) is 12.2 Å². The van der Waals surface area contributed by atoms with Crippen LogP contribution in [0.25, 0.3) is 12.2 Å². The molecule has 344 valence electrons. The molecule has 3 aliphatic heterocycles. The summed E-state index contributed by atoms with van der Waals surface area (Å²) in [5, 5.41) is 44.1. The van der Waals surface area contributed by atoms with Crippen LogP contribution in [0.5, 0.6) is 11.5 Å². The molecule has 5 rings (SSSR count). The maximum Gasteiger partial charge on any atom is 0.342 e. The van der Waals surface area contributed by atoms with Crippen LogP contribution in [0.1, 0.15) is 100 Å². The van der Waals surface area contributed by atoms with E-state index in [-0.39, 0.29) is 47.5 Å². The third-order valence-corrected chi connectivity index (χ3v) is 10.7. The van der Waals surface area contributed by atoms with Gasteiger partial charge in [0.1, 0.15) is 40.9 Å². The molecule has 8 atom stereocenters. The van der Waals surface area contributed by atoms with Gasteiger partial charge in [-0.25, -0.2) is 18.4 Å². The van der Waals surface area contributed by atoms with E-state index in [2.05, 4.69) is 5.32 Å². The van der Waals surface area contributed by atoms with E-state index in [1.54, 1.807) is 46.8 Å². The lowest BCUT2D eigenvalue weighted by molar-refractivity contribution is -0.153. The van der Waals surface area contributed by atoms with Crippen molar-refractivity contribution in [3.05, 3.63) is 82.5 Å². The minimum Gasteiger partial charge on any atom is -0.507 e. The number of anilines is 2. The average molecular weight is 893 g/mol. The lowest BCUT2D eigenvalue weighted by Gasteiger charge is -2.23. The van der Waals surface area contributed by atoms with Gasteiger partial charge in [0.2, 0.25) is 19.4 Å². The number of aliphatic hydroxyl groups excluding tert-OH is 2. The number of rotatable bonds is 4. The minimum atomic E-state index is -1.93. The molecule has 0 saturated carbocycles. The molecule has 15 nitrogen and oxygen atoms in total. The van der Waals surface area contributed by atoms with Crippen LogP contribution >= 0.6 is 0 Å². The van der Waals surface area contributed by atoms with Gasteiger partial charge in [0, 0.05) is 48.4 Å². The number of nitrogens with one attached hydrogen (secondary N) is 1. The van der Waals surface area contributed by atoms with Crippen LogP contribution in [0.3, 0.4) is 0 Å². The van der Waals surface area contributed by atoms with Gasteiger partial charge in [-0.15, -0.1) is 0 Å². The molecule has 0 unspecified atom stereocenters. The zero-order valence-corrected chi connectivity index (χ0v) is 37.0. The van der Waals surface area contributed by atoms with Crippen LogP contribution in [-0.4, -0.2) is 113 Å². The van der Waals surface area contributed by atoms with E-state index in [1.165, 1.54) is 55.2 Å². The molecule has 1 fully saturated rings. The number of cyclic esters (lactones) is 2. The number of aromatic hydroxyl groups is 2. The van der Waals surface area contributed by atoms with Gasteiger partial charge in [-0.1, -0.05) is 38.2 Å². The van der Waals surface area contributed by atoms with Crippen LogP contribution < -0.4 is 10.2 Å². The van der Waals surface area contributed by atoms with Gasteiger partial charge in [-0.05, 0) is 89.8 Å². The highest BCUT2D eigenvalue weighted by molar-refractivity contribution is 6.60. The predicted octanol–water partition coefficient (Wildman–Crippen LogP) is 6.61. The highest BCUT2D eigenvalue weighted by atomic mass is 19.1. The van der Waals surface area contributed by atoms with E-state index in [9.17, 15) is 53.2 Å². The molecule has 5 N–H and O–H groups in total. The topological polar surface area (TPSA) is 218 Å². The minimum absolute atomic E-state index is 0.0745. The number of phenolic OH excluding ortho intramolecular Hbond substituents is 2. The van der Waals surface area contributed by atoms with Crippen LogP contribution in [0.4, 0.5) is 25.0 Å². The third-order valence-electron chi connectivity index (χ3n) is 10.7. The Balaban J connectivity index is 0.000000286. The molecule has 18 heteroatoms.